The summed E-state index contributed by atoms with van der Waals surface area (Å²) in [6.07, 6.45) is 0. The highest BCUT2D eigenvalue weighted by Crippen LogP contribution is 2.21. The van der Waals surface area contributed by atoms with Gasteiger partial charge < -0.3 is 11.1 Å². The predicted octanol–water partition coefficient (Wildman–Crippen LogP) is 2.39. The largest absolute Gasteiger partial charge is 0.370 e. The topological polar surface area (TPSA) is 55.1 Å². The number of para-hydroxylation sites is 1. The van der Waals surface area contributed by atoms with E-state index in [0.29, 0.717) is 0 Å². The first-order valence-corrected chi connectivity index (χ1v) is 5.84. The number of rotatable bonds is 4. The molecule has 0 bridgehead atoms. The summed E-state index contributed by atoms with van der Waals surface area (Å²) in [6, 6.07) is 11.0. The van der Waals surface area contributed by atoms with Gasteiger partial charge in [0.25, 0.3) is 0 Å². The fourth-order valence-electron chi connectivity index (χ4n) is 1.46. The van der Waals surface area contributed by atoms with E-state index in [2.05, 4.69) is 5.32 Å². The van der Waals surface area contributed by atoms with Crippen molar-refractivity contribution in [2.24, 2.45) is 5.73 Å². The predicted molar refractivity (Wildman–Crippen MR) is 66.3 cm³/mol. The van der Waals surface area contributed by atoms with Crippen LogP contribution in [-0.4, -0.2) is 5.91 Å². The highest BCUT2D eigenvalue weighted by molar-refractivity contribution is 7.08. The van der Waals surface area contributed by atoms with Crippen molar-refractivity contribution in [2.45, 2.75) is 6.04 Å². The summed E-state index contributed by atoms with van der Waals surface area (Å²) >= 11 is 1.55. The number of benzene rings is 1. The average molecular weight is 232 g/mol. The number of carbonyl (C=O) groups excluding carboxylic acids is 1. The summed E-state index contributed by atoms with van der Waals surface area (Å²) in [5.41, 5.74) is 7.17. The van der Waals surface area contributed by atoms with Gasteiger partial charge in [0.2, 0.25) is 5.91 Å². The molecule has 1 aromatic carbocycles. The van der Waals surface area contributed by atoms with Crippen molar-refractivity contribution < 1.29 is 4.79 Å². The molecule has 1 heterocycles. The van der Waals surface area contributed by atoms with Gasteiger partial charge in [-0.05, 0) is 34.5 Å². The molecule has 1 atom stereocenters. The van der Waals surface area contributed by atoms with Gasteiger partial charge in [0.1, 0.15) is 6.04 Å². The Kier molecular flexibility index (Phi) is 3.22. The van der Waals surface area contributed by atoms with E-state index in [4.69, 9.17) is 5.73 Å². The molecule has 4 heteroatoms. The van der Waals surface area contributed by atoms with Gasteiger partial charge in [-0.3, -0.25) is 4.79 Å². The fraction of sp³-hybridized carbons (Fsp3) is 0.0833. The number of hydrogen-bond donors (Lipinski definition) is 2. The van der Waals surface area contributed by atoms with Gasteiger partial charge in [0.15, 0.2) is 0 Å². The number of primary amides is 1. The third kappa shape index (κ3) is 2.41. The van der Waals surface area contributed by atoms with E-state index in [-0.39, 0.29) is 5.91 Å². The van der Waals surface area contributed by atoms with Crippen molar-refractivity contribution in [3.05, 3.63) is 52.7 Å². The highest BCUT2D eigenvalue weighted by Gasteiger charge is 2.17. The lowest BCUT2D eigenvalue weighted by molar-refractivity contribution is -0.118. The lowest BCUT2D eigenvalue weighted by atomic mass is 10.1. The van der Waals surface area contributed by atoms with Crippen LogP contribution in [0, 0.1) is 0 Å². The zero-order chi connectivity index (χ0) is 11.4. The minimum absolute atomic E-state index is 0.373. The summed E-state index contributed by atoms with van der Waals surface area (Å²) in [5.74, 6) is -0.373. The van der Waals surface area contributed by atoms with Crippen molar-refractivity contribution in [1.82, 2.24) is 0 Å². The van der Waals surface area contributed by atoms with Crippen molar-refractivity contribution in [3.8, 4) is 0 Å². The third-order valence-corrected chi connectivity index (χ3v) is 2.95. The van der Waals surface area contributed by atoms with Gasteiger partial charge in [0.05, 0.1) is 0 Å². The monoisotopic (exact) mass is 232 g/mol. The summed E-state index contributed by atoms with van der Waals surface area (Å²) in [5, 5.41) is 6.96. The summed E-state index contributed by atoms with van der Waals surface area (Å²) < 4.78 is 0. The first-order chi connectivity index (χ1) is 7.77. The lowest BCUT2D eigenvalue weighted by Gasteiger charge is -2.15. The van der Waals surface area contributed by atoms with Crippen LogP contribution in [-0.2, 0) is 4.79 Å². The van der Waals surface area contributed by atoms with E-state index in [1.54, 1.807) is 11.3 Å². The lowest BCUT2D eigenvalue weighted by Crippen LogP contribution is -2.27. The van der Waals surface area contributed by atoms with E-state index in [9.17, 15) is 4.79 Å². The molecule has 1 unspecified atom stereocenters. The number of hydrogen-bond acceptors (Lipinski definition) is 3. The third-order valence-electron chi connectivity index (χ3n) is 2.25. The molecule has 0 radical (unpaired) electrons. The van der Waals surface area contributed by atoms with Gasteiger partial charge in [-0.1, -0.05) is 18.2 Å². The zero-order valence-corrected chi connectivity index (χ0v) is 9.41. The van der Waals surface area contributed by atoms with Gasteiger partial charge in [-0.2, -0.15) is 11.3 Å². The summed E-state index contributed by atoms with van der Waals surface area (Å²) in [6.45, 7) is 0. The zero-order valence-electron chi connectivity index (χ0n) is 8.59. The maximum absolute atomic E-state index is 11.4. The molecule has 3 N–H and O–H groups in total. The molecular weight excluding hydrogens is 220 g/mol. The summed E-state index contributed by atoms with van der Waals surface area (Å²) in [7, 11) is 0. The van der Waals surface area contributed by atoms with Crippen LogP contribution in [0.1, 0.15) is 11.6 Å². The average Bonchev–Trinajstić information content (AvgIpc) is 2.80. The molecular formula is C12H12N2OS. The molecule has 82 valence electrons. The van der Waals surface area contributed by atoms with Crippen molar-refractivity contribution in [2.75, 3.05) is 5.32 Å². The summed E-state index contributed by atoms with van der Waals surface area (Å²) in [4.78, 5) is 11.4. The number of anilines is 1. The van der Waals surface area contributed by atoms with Gasteiger partial charge in [-0.15, -0.1) is 0 Å². The number of carbonyl (C=O) groups is 1. The Morgan fingerprint density at radius 3 is 2.56 bits per heavy atom. The maximum Gasteiger partial charge on any atom is 0.244 e. The van der Waals surface area contributed by atoms with Crippen LogP contribution in [0.2, 0.25) is 0 Å². The molecule has 16 heavy (non-hydrogen) atoms. The minimum atomic E-state index is -0.464. The second-order valence-electron chi connectivity index (χ2n) is 3.40. The number of nitrogens with two attached hydrogens (primary N) is 1. The molecule has 2 aromatic rings. The van der Waals surface area contributed by atoms with E-state index >= 15 is 0 Å². The quantitative estimate of drug-likeness (QED) is 0.850. The van der Waals surface area contributed by atoms with Gasteiger partial charge >= 0.3 is 0 Å². The normalized spacial score (nSPS) is 12.0. The van der Waals surface area contributed by atoms with Crippen LogP contribution >= 0.6 is 11.3 Å². The first kappa shape index (κ1) is 10.7. The Balaban J connectivity index is 2.19. The van der Waals surface area contributed by atoms with Crippen LogP contribution in [0.25, 0.3) is 0 Å². The molecule has 0 aliphatic rings. The van der Waals surface area contributed by atoms with E-state index in [0.717, 1.165) is 11.3 Å². The van der Waals surface area contributed by atoms with Crippen LogP contribution in [0.3, 0.4) is 0 Å². The molecule has 0 fully saturated rings. The van der Waals surface area contributed by atoms with Crippen molar-refractivity contribution in [3.63, 3.8) is 0 Å². The molecule has 2 rings (SSSR count). The highest BCUT2D eigenvalue weighted by atomic mass is 32.1. The van der Waals surface area contributed by atoms with Gasteiger partial charge in [-0.25, -0.2) is 0 Å². The number of amides is 1. The van der Waals surface area contributed by atoms with E-state index < -0.39 is 6.04 Å². The van der Waals surface area contributed by atoms with E-state index in [1.165, 1.54) is 0 Å². The molecule has 0 saturated heterocycles. The van der Waals surface area contributed by atoms with Crippen LogP contribution in [0.4, 0.5) is 5.69 Å². The number of nitrogens with one attached hydrogen (secondary N) is 1. The molecule has 1 aromatic heterocycles. The molecule has 0 aliphatic carbocycles. The minimum Gasteiger partial charge on any atom is -0.370 e. The van der Waals surface area contributed by atoms with Crippen LogP contribution < -0.4 is 11.1 Å². The molecule has 1 amide bonds. The van der Waals surface area contributed by atoms with Crippen LogP contribution in [0.5, 0.6) is 0 Å². The van der Waals surface area contributed by atoms with Crippen LogP contribution in [0.15, 0.2) is 47.2 Å². The maximum atomic E-state index is 11.4. The van der Waals surface area contributed by atoms with Crippen molar-refractivity contribution >= 4 is 22.9 Å². The van der Waals surface area contributed by atoms with Crippen molar-refractivity contribution in [1.29, 1.82) is 0 Å². The smallest absolute Gasteiger partial charge is 0.244 e. The first-order valence-electron chi connectivity index (χ1n) is 4.90. The Morgan fingerprint density at radius 2 is 2.00 bits per heavy atom. The second-order valence-corrected chi connectivity index (χ2v) is 4.18. The number of thiophene rings is 1. The molecule has 0 aliphatic heterocycles. The fourth-order valence-corrected chi connectivity index (χ4v) is 2.15. The second kappa shape index (κ2) is 4.81. The van der Waals surface area contributed by atoms with Gasteiger partial charge in [0, 0.05) is 5.69 Å². The Labute approximate surface area is 97.9 Å². The standard InChI is InChI=1S/C12H12N2OS/c13-12(15)11(9-6-7-16-8-9)14-10-4-2-1-3-5-10/h1-8,11,14H,(H2,13,15). The Morgan fingerprint density at radius 1 is 1.25 bits per heavy atom. The molecule has 3 nitrogen and oxygen atoms in total. The Hall–Kier alpha value is -1.81. The Bertz CT molecular complexity index is 453. The molecule has 0 saturated carbocycles. The van der Waals surface area contributed by atoms with E-state index in [1.807, 2.05) is 47.2 Å². The molecule has 0 spiro atoms. The SMILES string of the molecule is NC(=O)C(Nc1ccccc1)c1ccsc1.